The smallest absolute Gasteiger partial charge is 0.330 e. The van der Waals surface area contributed by atoms with Gasteiger partial charge in [-0.3, -0.25) is 9.59 Å². The average Bonchev–Trinajstić information content (AvgIpc) is 2.85. The predicted molar refractivity (Wildman–Crippen MR) is 148 cm³/mol. The fourth-order valence-corrected chi connectivity index (χ4v) is 4.13. The zero-order valence-electron chi connectivity index (χ0n) is 23.8. The number of aliphatic hydroxyl groups excluding tert-OH is 2. The number of rotatable bonds is 23. The van der Waals surface area contributed by atoms with Crippen molar-refractivity contribution in [2.45, 2.75) is 136 Å². The Bertz CT molecular complexity index is 638. The fourth-order valence-electron chi connectivity index (χ4n) is 4.13. The first-order valence-electron chi connectivity index (χ1n) is 14.5. The van der Waals surface area contributed by atoms with E-state index in [-0.39, 0.29) is 18.9 Å². The zero-order chi connectivity index (χ0) is 27.9. The second-order valence-electron chi connectivity index (χ2n) is 10.4. The van der Waals surface area contributed by atoms with Crippen molar-refractivity contribution in [2.24, 2.45) is 5.92 Å². The van der Waals surface area contributed by atoms with Gasteiger partial charge in [-0.15, -0.1) is 0 Å². The van der Waals surface area contributed by atoms with Crippen LogP contribution in [0.3, 0.4) is 0 Å². The van der Waals surface area contributed by atoms with Gasteiger partial charge < -0.3 is 25.6 Å². The third-order valence-corrected chi connectivity index (χ3v) is 6.21. The lowest BCUT2D eigenvalue weighted by Gasteiger charge is -2.23. The van der Waals surface area contributed by atoms with Crippen LogP contribution in [0.25, 0.3) is 0 Å². The number of carbonyl (C=O) groups excluding carboxylic acids is 3. The van der Waals surface area contributed by atoms with E-state index in [1.807, 2.05) is 19.9 Å². The van der Waals surface area contributed by atoms with E-state index in [9.17, 15) is 24.6 Å². The minimum Gasteiger partial charge on any atom is -0.459 e. The number of amides is 2. The van der Waals surface area contributed by atoms with Crippen molar-refractivity contribution >= 4 is 17.8 Å². The maximum atomic E-state index is 12.7. The number of allylic oxidation sites excluding steroid dienone is 1. The van der Waals surface area contributed by atoms with Gasteiger partial charge in [-0.25, -0.2) is 4.79 Å². The largest absolute Gasteiger partial charge is 0.459 e. The molecule has 8 nitrogen and oxygen atoms in total. The summed E-state index contributed by atoms with van der Waals surface area (Å²) in [5.41, 5.74) is 0. The van der Waals surface area contributed by atoms with E-state index in [2.05, 4.69) is 24.5 Å². The quantitative estimate of drug-likeness (QED) is 0.0878. The Morgan fingerprint density at radius 1 is 0.838 bits per heavy atom. The monoisotopic (exact) mass is 526 g/mol. The van der Waals surface area contributed by atoms with E-state index in [0.717, 1.165) is 51.4 Å². The Morgan fingerprint density at radius 3 is 2.03 bits per heavy atom. The lowest BCUT2D eigenvalue weighted by Crippen LogP contribution is -2.52. The normalized spacial score (nSPS) is 13.9. The Kier molecular flexibility index (Phi) is 22.0. The molecule has 0 bridgehead atoms. The second kappa shape index (κ2) is 23.2. The van der Waals surface area contributed by atoms with Crippen LogP contribution in [0, 0.1) is 5.92 Å². The number of unbranched alkanes of at least 4 members (excludes halogenated alkanes) is 9. The van der Waals surface area contributed by atoms with Gasteiger partial charge in [0.25, 0.3) is 0 Å². The van der Waals surface area contributed by atoms with Gasteiger partial charge in [0.2, 0.25) is 11.8 Å². The van der Waals surface area contributed by atoms with Crippen molar-refractivity contribution in [3.05, 3.63) is 12.2 Å². The van der Waals surface area contributed by atoms with E-state index < -0.39 is 42.6 Å². The van der Waals surface area contributed by atoms with Crippen LogP contribution >= 0.6 is 0 Å². The molecule has 216 valence electrons. The van der Waals surface area contributed by atoms with E-state index in [4.69, 9.17) is 4.74 Å². The molecular formula is C29H54N2O6. The molecule has 0 heterocycles. The van der Waals surface area contributed by atoms with Gasteiger partial charge in [-0.05, 0) is 38.0 Å². The molecule has 0 spiro atoms. The topological polar surface area (TPSA) is 125 Å². The Morgan fingerprint density at radius 2 is 1.46 bits per heavy atom. The van der Waals surface area contributed by atoms with E-state index >= 15 is 0 Å². The van der Waals surface area contributed by atoms with Crippen molar-refractivity contribution in [3.8, 4) is 0 Å². The Hall–Kier alpha value is -1.93. The van der Waals surface area contributed by atoms with Crippen molar-refractivity contribution in [3.63, 3.8) is 0 Å². The first-order chi connectivity index (χ1) is 17.8. The van der Waals surface area contributed by atoms with Crippen molar-refractivity contribution in [1.82, 2.24) is 10.6 Å². The molecule has 37 heavy (non-hydrogen) atoms. The fraction of sp³-hybridized carbons (Fsp3) is 0.828. The number of carbonyl (C=O) groups is 3. The highest BCUT2D eigenvalue weighted by Gasteiger charge is 2.25. The zero-order valence-corrected chi connectivity index (χ0v) is 23.8. The molecule has 0 aliphatic carbocycles. The minimum atomic E-state index is -1.14. The van der Waals surface area contributed by atoms with Crippen LogP contribution in [0.2, 0.25) is 0 Å². The molecule has 0 saturated carbocycles. The average molecular weight is 527 g/mol. The molecule has 3 unspecified atom stereocenters. The number of esters is 1. The summed E-state index contributed by atoms with van der Waals surface area (Å²) in [5.74, 6) is -1.21. The van der Waals surface area contributed by atoms with Gasteiger partial charge in [-0.2, -0.15) is 0 Å². The van der Waals surface area contributed by atoms with Gasteiger partial charge in [0, 0.05) is 6.08 Å². The summed E-state index contributed by atoms with van der Waals surface area (Å²) < 4.78 is 5.59. The van der Waals surface area contributed by atoms with Crippen molar-refractivity contribution < 1.29 is 29.3 Å². The third-order valence-electron chi connectivity index (χ3n) is 6.21. The third kappa shape index (κ3) is 19.8. The standard InChI is InChI=1S/C29H54N2O6/c1-5-7-9-11-12-14-16-18-28(35)37-25(17-15-13-10-8-6-2)20-27(34)31-26(22-33)29(36)30-24(21-32)19-23(3)4/h16,18,23-26,32-33H,5-15,17,19-22H2,1-4H3,(H,30,36)(H,31,34)/b18-16+. The maximum absolute atomic E-state index is 12.7. The van der Waals surface area contributed by atoms with Crippen LogP contribution < -0.4 is 10.6 Å². The highest BCUT2D eigenvalue weighted by Crippen LogP contribution is 2.14. The predicted octanol–water partition coefficient (Wildman–Crippen LogP) is 4.57. The molecule has 0 fully saturated rings. The van der Waals surface area contributed by atoms with E-state index in [1.54, 1.807) is 0 Å². The van der Waals surface area contributed by atoms with Gasteiger partial charge in [0.1, 0.15) is 12.1 Å². The minimum absolute atomic E-state index is 0.0798. The van der Waals surface area contributed by atoms with E-state index in [0.29, 0.717) is 12.8 Å². The van der Waals surface area contributed by atoms with Crippen LogP contribution in [0.15, 0.2) is 12.2 Å². The van der Waals surface area contributed by atoms with Crippen molar-refractivity contribution in [2.75, 3.05) is 13.2 Å². The van der Waals surface area contributed by atoms with Crippen LogP contribution in [-0.2, 0) is 19.1 Å². The lowest BCUT2D eigenvalue weighted by molar-refractivity contribution is -0.145. The van der Waals surface area contributed by atoms with Crippen LogP contribution in [0.5, 0.6) is 0 Å². The molecule has 0 aliphatic rings. The highest BCUT2D eigenvalue weighted by molar-refractivity contribution is 5.88. The molecule has 3 atom stereocenters. The molecule has 0 aromatic heterocycles. The molecular weight excluding hydrogens is 472 g/mol. The van der Waals surface area contributed by atoms with Crippen LogP contribution in [0.4, 0.5) is 0 Å². The number of hydrogen-bond acceptors (Lipinski definition) is 6. The first-order valence-corrected chi connectivity index (χ1v) is 14.5. The maximum Gasteiger partial charge on any atom is 0.330 e. The molecule has 0 aliphatic heterocycles. The van der Waals surface area contributed by atoms with Gasteiger partial charge in [0.05, 0.1) is 25.7 Å². The summed E-state index contributed by atoms with van der Waals surface area (Å²) in [7, 11) is 0. The lowest BCUT2D eigenvalue weighted by atomic mass is 10.0. The second-order valence-corrected chi connectivity index (χ2v) is 10.4. The summed E-state index contributed by atoms with van der Waals surface area (Å²) in [6.07, 6.45) is 15.5. The molecule has 0 saturated heterocycles. The number of aliphatic hydroxyl groups is 2. The van der Waals surface area contributed by atoms with Gasteiger partial charge in [0.15, 0.2) is 0 Å². The summed E-state index contributed by atoms with van der Waals surface area (Å²) in [6.45, 7) is 7.48. The molecule has 0 aromatic carbocycles. The SMILES string of the molecule is CCCCCCC/C=C/C(=O)OC(CCCCCCC)CC(=O)NC(CO)C(=O)NC(CO)CC(C)C. The van der Waals surface area contributed by atoms with Crippen LogP contribution in [-0.4, -0.2) is 59.4 Å². The molecule has 2 amide bonds. The molecule has 0 rings (SSSR count). The first kappa shape index (κ1) is 35.1. The summed E-state index contributed by atoms with van der Waals surface area (Å²) in [5, 5.41) is 24.4. The summed E-state index contributed by atoms with van der Waals surface area (Å²) in [4.78, 5) is 37.6. The molecule has 0 radical (unpaired) electrons. The van der Waals surface area contributed by atoms with Crippen molar-refractivity contribution in [1.29, 1.82) is 0 Å². The number of nitrogens with one attached hydrogen (secondary N) is 2. The molecule has 4 N–H and O–H groups in total. The Labute approximate surface area is 225 Å². The molecule has 8 heteroatoms. The van der Waals surface area contributed by atoms with Gasteiger partial charge in [-0.1, -0.05) is 85.1 Å². The number of hydrogen-bond donors (Lipinski definition) is 4. The highest BCUT2D eigenvalue weighted by atomic mass is 16.5. The Balaban J connectivity index is 4.88. The van der Waals surface area contributed by atoms with E-state index in [1.165, 1.54) is 25.3 Å². The summed E-state index contributed by atoms with van der Waals surface area (Å²) in [6, 6.07) is -1.59. The summed E-state index contributed by atoms with van der Waals surface area (Å²) >= 11 is 0. The van der Waals surface area contributed by atoms with Gasteiger partial charge >= 0.3 is 5.97 Å². The number of ether oxygens (including phenoxy) is 1. The van der Waals surface area contributed by atoms with Crippen LogP contribution in [0.1, 0.15) is 118 Å². The molecule has 0 aromatic rings.